The SMILES string of the molecule is Cc1ccc(NC(C(=O)O)c2nc(C)cs2)cc1. The number of aryl methyl sites for hydroxylation is 2. The van der Waals surface area contributed by atoms with Crippen molar-refractivity contribution in [1.29, 1.82) is 0 Å². The van der Waals surface area contributed by atoms with Gasteiger partial charge in [-0.15, -0.1) is 11.3 Å². The maximum absolute atomic E-state index is 11.3. The van der Waals surface area contributed by atoms with Crippen LogP contribution in [-0.4, -0.2) is 16.1 Å². The van der Waals surface area contributed by atoms with Crippen molar-refractivity contribution in [2.45, 2.75) is 19.9 Å². The van der Waals surface area contributed by atoms with E-state index in [1.54, 1.807) is 0 Å². The van der Waals surface area contributed by atoms with Gasteiger partial charge in [0.1, 0.15) is 5.01 Å². The molecule has 4 nitrogen and oxygen atoms in total. The number of nitrogens with one attached hydrogen (secondary N) is 1. The highest BCUT2D eigenvalue weighted by molar-refractivity contribution is 7.09. The van der Waals surface area contributed by atoms with Gasteiger partial charge in [0.05, 0.1) is 0 Å². The molecule has 0 amide bonds. The summed E-state index contributed by atoms with van der Waals surface area (Å²) in [5.74, 6) is -0.926. The third-order valence-corrected chi connectivity index (χ3v) is 3.52. The van der Waals surface area contributed by atoms with Crippen LogP contribution in [0.5, 0.6) is 0 Å². The molecule has 0 fully saturated rings. The molecule has 0 aliphatic heterocycles. The van der Waals surface area contributed by atoms with E-state index in [0.29, 0.717) is 5.01 Å². The second kappa shape index (κ2) is 5.18. The number of rotatable bonds is 4. The highest BCUT2D eigenvalue weighted by atomic mass is 32.1. The Hall–Kier alpha value is -1.88. The maximum Gasteiger partial charge on any atom is 0.333 e. The van der Waals surface area contributed by atoms with Crippen LogP contribution < -0.4 is 5.32 Å². The molecule has 1 aromatic carbocycles. The van der Waals surface area contributed by atoms with Crippen LogP contribution in [0.4, 0.5) is 5.69 Å². The van der Waals surface area contributed by atoms with Gasteiger partial charge >= 0.3 is 5.97 Å². The van der Waals surface area contributed by atoms with E-state index in [4.69, 9.17) is 0 Å². The molecule has 1 atom stereocenters. The highest BCUT2D eigenvalue weighted by Gasteiger charge is 2.22. The predicted molar refractivity (Wildman–Crippen MR) is 72.0 cm³/mol. The second-order valence-corrected chi connectivity index (χ2v) is 5.00. The van der Waals surface area contributed by atoms with E-state index in [9.17, 15) is 9.90 Å². The fourth-order valence-electron chi connectivity index (χ4n) is 1.55. The fourth-order valence-corrected chi connectivity index (χ4v) is 2.39. The predicted octanol–water partition coefficient (Wildman–Crippen LogP) is 3.00. The molecule has 0 saturated carbocycles. The van der Waals surface area contributed by atoms with Crippen molar-refractivity contribution >= 4 is 23.0 Å². The number of carboxylic acids is 1. The van der Waals surface area contributed by atoms with Crippen molar-refractivity contribution < 1.29 is 9.90 Å². The Bertz CT molecular complexity index is 548. The summed E-state index contributed by atoms with van der Waals surface area (Å²) in [6, 6.07) is 6.81. The van der Waals surface area contributed by atoms with E-state index in [0.717, 1.165) is 16.9 Å². The summed E-state index contributed by atoms with van der Waals surface area (Å²) < 4.78 is 0. The Labute approximate surface area is 109 Å². The fraction of sp³-hybridized carbons (Fsp3) is 0.231. The Morgan fingerprint density at radius 3 is 2.50 bits per heavy atom. The van der Waals surface area contributed by atoms with E-state index in [-0.39, 0.29) is 0 Å². The molecule has 5 heteroatoms. The summed E-state index contributed by atoms with van der Waals surface area (Å²) in [7, 11) is 0. The lowest BCUT2D eigenvalue weighted by molar-refractivity contribution is -0.138. The Morgan fingerprint density at radius 2 is 2.00 bits per heavy atom. The van der Waals surface area contributed by atoms with Crippen molar-refractivity contribution in [2.24, 2.45) is 0 Å². The molecule has 94 valence electrons. The zero-order valence-corrected chi connectivity index (χ0v) is 11.0. The number of aromatic nitrogens is 1. The molecule has 1 heterocycles. The molecule has 18 heavy (non-hydrogen) atoms. The molecule has 2 N–H and O–H groups in total. The smallest absolute Gasteiger partial charge is 0.333 e. The summed E-state index contributed by atoms with van der Waals surface area (Å²) in [6.07, 6.45) is 0. The van der Waals surface area contributed by atoms with E-state index in [1.807, 2.05) is 43.5 Å². The monoisotopic (exact) mass is 262 g/mol. The average molecular weight is 262 g/mol. The van der Waals surface area contributed by atoms with Crippen LogP contribution in [-0.2, 0) is 4.79 Å². The van der Waals surface area contributed by atoms with E-state index >= 15 is 0 Å². The number of nitrogens with zero attached hydrogens (tertiary/aromatic N) is 1. The van der Waals surface area contributed by atoms with Gasteiger partial charge in [-0.2, -0.15) is 0 Å². The number of carboxylic acid groups (broad SMARTS) is 1. The lowest BCUT2D eigenvalue weighted by Gasteiger charge is -2.13. The number of aliphatic carboxylic acids is 1. The number of thiazole rings is 1. The zero-order chi connectivity index (χ0) is 13.1. The minimum absolute atomic E-state index is 0.570. The van der Waals surface area contributed by atoms with Gasteiger partial charge in [0.15, 0.2) is 6.04 Å². The highest BCUT2D eigenvalue weighted by Crippen LogP contribution is 2.23. The van der Waals surface area contributed by atoms with E-state index < -0.39 is 12.0 Å². The van der Waals surface area contributed by atoms with Crippen LogP contribution in [0, 0.1) is 13.8 Å². The number of hydrogen-bond donors (Lipinski definition) is 2. The molecule has 0 bridgehead atoms. The zero-order valence-electron chi connectivity index (χ0n) is 10.2. The Kier molecular flexibility index (Phi) is 3.62. The second-order valence-electron chi connectivity index (χ2n) is 4.11. The van der Waals surface area contributed by atoms with E-state index in [2.05, 4.69) is 10.3 Å². The molecule has 2 rings (SSSR count). The number of carbonyl (C=O) groups is 1. The van der Waals surface area contributed by atoms with E-state index in [1.165, 1.54) is 11.3 Å². The molecule has 2 aromatic rings. The van der Waals surface area contributed by atoms with Crippen LogP contribution in [0.25, 0.3) is 0 Å². The topological polar surface area (TPSA) is 62.2 Å². The first kappa shape index (κ1) is 12.6. The summed E-state index contributed by atoms with van der Waals surface area (Å²) in [5, 5.41) is 14.7. The van der Waals surface area contributed by atoms with Gasteiger partial charge in [-0.25, -0.2) is 9.78 Å². The third-order valence-electron chi connectivity index (χ3n) is 2.49. The largest absolute Gasteiger partial charge is 0.479 e. The minimum atomic E-state index is -0.926. The molecule has 0 aliphatic rings. The first-order valence-corrected chi connectivity index (χ1v) is 6.42. The van der Waals surface area contributed by atoms with Crippen molar-refractivity contribution in [3.8, 4) is 0 Å². The number of benzene rings is 1. The van der Waals surface area contributed by atoms with Crippen LogP contribution in [0.15, 0.2) is 29.6 Å². The van der Waals surface area contributed by atoms with Crippen LogP contribution >= 0.6 is 11.3 Å². The first-order chi connectivity index (χ1) is 8.56. The molecule has 0 aliphatic carbocycles. The van der Waals surface area contributed by atoms with Gasteiger partial charge in [-0.3, -0.25) is 0 Å². The Balaban J connectivity index is 2.22. The van der Waals surface area contributed by atoms with Gasteiger partial charge in [0.2, 0.25) is 0 Å². The van der Waals surface area contributed by atoms with Crippen molar-refractivity contribution in [3.05, 3.63) is 45.9 Å². The van der Waals surface area contributed by atoms with Crippen molar-refractivity contribution in [1.82, 2.24) is 4.98 Å². The lowest BCUT2D eigenvalue weighted by atomic mass is 10.2. The first-order valence-electron chi connectivity index (χ1n) is 5.54. The van der Waals surface area contributed by atoms with Crippen LogP contribution in [0.3, 0.4) is 0 Å². The van der Waals surface area contributed by atoms with Gasteiger partial charge in [0.25, 0.3) is 0 Å². The Morgan fingerprint density at radius 1 is 1.33 bits per heavy atom. The molecule has 0 spiro atoms. The van der Waals surface area contributed by atoms with Gasteiger partial charge in [0, 0.05) is 16.8 Å². The molecule has 1 unspecified atom stereocenters. The third kappa shape index (κ3) is 2.87. The number of anilines is 1. The number of hydrogen-bond acceptors (Lipinski definition) is 4. The summed E-state index contributed by atoms with van der Waals surface area (Å²) in [5.41, 5.74) is 2.75. The summed E-state index contributed by atoms with van der Waals surface area (Å²) in [6.45, 7) is 3.84. The molecule has 0 radical (unpaired) electrons. The molecule has 1 aromatic heterocycles. The summed E-state index contributed by atoms with van der Waals surface area (Å²) >= 11 is 1.35. The standard InChI is InChI=1S/C13H14N2O2S/c1-8-3-5-10(6-4-8)15-11(13(16)17)12-14-9(2)7-18-12/h3-7,11,15H,1-2H3,(H,16,17). The van der Waals surface area contributed by atoms with Gasteiger partial charge in [-0.1, -0.05) is 17.7 Å². The van der Waals surface area contributed by atoms with Crippen molar-refractivity contribution in [2.75, 3.05) is 5.32 Å². The minimum Gasteiger partial charge on any atom is -0.479 e. The van der Waals surface area contributed by atoms with Crippen LogP contribution in [0.1, 0.15) is 22.3 Å². The van der Waals surface area contributed by atoms with Crippen molar-refractivity contribution in [3.63, 3.8) is 0 Å². The molecular weight excluding hydrogens is 248 g/mol. The molecular formula is C13H14N2O2S. The quantitative estimate of drug-likeness (QED) is 0.889. The summed E-state index contributed by atoms with van der Waals surface area (Å²) in [4.78, 5) is 15.5. The average Bonchev–Trinajstić information content (AvgIpc) is 2.74. The lowest BCUT2D eigenvalue weighted by Crippen LogP contribution is -2.20. The van der Waals surface area contributed by atoms with Gasteiger partial charge in [-0.05, 0) is 26.0 Å². The van der Waals surface area contributed by atoms with Crippen LogP contribution in [0.2, 0.25) is 0 Å². The normalized spacial score (nSPS) is 12.1. The van der Waals surface area contributed by atoms with Gasteiger partial charge < -0.3 is 10.4 Å². The molecule has 0 saturated heterocycles. The maximum atomic E-state index is 11.3.